The third-order valence-electron chi connectivity index (χ3n) is 4.34. The van der Waals surface area contributed by atoms with Gasteiger partial charge in [0.2, 0.25) is 15.9 Å². The average molecular weight is 405 g/mol. The van der Waals surface area contributed by atoms with Crippen molar-refractivity contribution in [3.63, 3.8) is 0 Å². The van der Waals surface area contributed by atoms with Crippen LogP contribution in [0.25, 0.3) is 0 Å². The van der Waals surface area contributed by atoms with Crippen LogP contribution in [0.2, 0.25) is 0 Å². The number of nitrogens with one attached hydrogen (secondary N) is 1. The molecular formula is C19H23N3O5S. The fraction of sp³-hybridized carbons (Fsp3) is 0.368. The molecule has 0 radical (unpaired) electrons. The predicted octanol–water partition coefficient (Wildman–Crippen LogP) is 1.60. The summed E-state index contributed by atoms with van der Waals surface area (Å²) < 4.78 is 37.9. The zero-order valence-electron chi connectivity index (χ0n) is 15.8. The summed E-state index contributed by atoms with van der Waals surface area (Å²) in [6, 6.07) is 10.1. The van der Waals surface area contributed by atoms with E-state index in [9.17, 15) is 13.2 Å². The van der Waals surface area contributed by atoms with Crippen LogP contribution < -0.4 is 10.1 Å². The molecule has 2 aromatic rings. The van der Waals surface area contributed by atoms with Gasteiger partial charge < -0.3 is 14.8 Å². The average Bonchev–Trinajstić information content (AvgIpc) is 2.68. The van der Waals surface area contributed by atoms with Crippen LogP contribution in [-0.4, -0.2) is 57.0 Å². The number of anilines is 1. The van der Waals surface area contributed by atoms with Gasteiger partial charge in [-0.1, -0.05) is 12.1 Å². The molecular weight excluding hydrogens is 382 g/mol. The molecule has 1 aromatic carbocycles. The van der Waals surface area contributed by atoms with Crippen LogP contribution in [0.5, 0.6) is 5.75 Å². The first kappa shape index (κ1) is 20.2. The SMILES string of the molecule is COc1ccc(CC(=O)Nc2cccc(C)n2)cc1S(=O)(=O)N1CCOCC1. The zero-order chi connectivity index (χ0) is 20.1. The van der Waals surface area contributed by atoms with E-state index in [1.54, 1.807) is 24.3 Å². The molecule has 1 aliphatic rings. The van der Waals surface area contributed by atoms with Crippen LogP contribution >= 0.6 is 0 Å². The van der Waals surface area contributed by atoms with E-state index in [4.69, 9.17) is 9.47 Å². The van der Waals surface area contributed by atoms with E-state index in [1.165, 1.54) is 17.5 Å². The fourth-order valence-electron chi connectivity index (χ4n) is 2.94. The van der Waals surface area contributed by atoms with Crippen molar-refractivity contribution in [2.75, 3.05) is 38.7 Å². The molecule has 1 fully saturated rings. The number of hydrogen-bond donors (Lipinski definition) is 1. The summed E-state index contributed by atoms with van der Waals surface area (Å²) in [5, 5.41) is 2.72. The molecule has 28 heavy (non-hydrogen) atoms. The maximum absolute atomic E-state index is 13.0. The quantitative estimate of drug-likeness (QED) is 0.784. The summed E-state index contributed by atoms with van der Waals surface area (Å²) in [6.45, 7) is 3.12. The maximum atomic E-state index is 13.0. The summed E-state index contributed by atoms with van der Waals surface area (Å²) >= 11 is 0. The number of methoxy groups -OCH3 is 1. The van der Waals surface area contributed by atoms with Crippen LogP contribution in [0, 0.1) is 6.92 Å². The number of sulfonamides is 1. The minimum atomic E-state index is -3.74. The molecule has 0 bridgehead atoms. The molecule has 150 valence electrons. The first-order valence-corrected chi connectivity index (χ1v) is 10.3. The zero-order valence-corrected chi connectivity index (χ0v) is 16.7. The van der Waals surface area contributed by atoms with Crippen molar-refractivity contribution in [2.24, 2.45) is 0 Å². The summed E-state index contributed by atoms with van der Waals surface area (Å²) in [5.74, 6) is 0.425. The molecule has 0 spiro atoms. The molecule has 8 nitrogen and oxygen atoms in total. The lowest BCUT2D eigenvalue weighted by Crippen LogP contribution is -2.40. The molecule has 0 aliphatic carbocycles. The number of nitrogens with zero attached hydrogens (tertiary/aromatic N) is 2. The van der Waals surface area contributed by atoms with Crippen LogP contribution in [0.15, 0.2) is 41.3 Å². The highest BCUT2D eigenvalue weighted by Crippen LogP contribution is 2.28. The van der Waals surface area contributed by atoms with Gasteiger partial charge in [-0.25, -0.2) is 13.4 Å². The van der Waals surface area contributed by atoms with Gasteiger partial charge in [-0.05, 0) is 36.8 Å². The molecule has 1 amide bonds. The Hall–Kier alpha value is -2.49. The second-order valence-electron chi connectivity index (χ2n) is 6.39. The van der Waals surface area contributed by atoms with Crippen molar-refractivity contribution in [2.45, 2.75) is 18.2 Å². The first-order valence-electron chi connectivity index (χ1n) is 8.88. The van der Waals surface area contributed by atoms with Crippen molar-refractivity contribution in [3.05, 3.63) is 47.7 Å². The predicted molar refractivity (Wildman–Crippen MR) is 104 cm³/mol. The molecule has 9 heteroatoms. The normalized spacial score (nSPS) is 15.2. The number of rotatable bonds is 6. The largest absolute Gasteiger partial charge is 0.495 e. The van der Waals surface area contributed by atoms with E-state index in [2.05, 4.69) is 10.3 Å². The summed E-state index contributed by atoms with van der Waals surface area (Å²) in [7, 11) is -2.32. The standard InChI is InChI=1S/C19H23N3O5S/c1-14-4-3-5-18(20-14)21-19(23)13-15-6-7-16(26-2)17(12-15)28(24,25)22-8-10-27-11-9-22/h3-7,12H,8-11,13H2,1-2H3,(H,20,21,23). The fourth-order valence-corrected chi connectivity index (χ4v) is 4.56. The van der Waals surface area contributed by atoms with E-state index >= 15 is 0 Å². The van der Waals surface area contributed by atoms with Crippen LogP contribution in [-0.2, 0) is 26.0 Å². The number of carbonyl (C=O) groups is 1. The number of benzene rings is 1. The number of morpholine rings is 1. The number of carbonyl (C=O) groups excluding carboxylic acids is 1. The Bertz CT molecular complexity index is 956. The van der Waals surface area contributed by atoms with Gasteiger partial charge in [-0.2, -0.15) is 4.31 Å². The van der Waals surface area contributed by atoms with Gasteiger partial charge in [0.05, 0.1) is 26.7 Å². The molecule has 1 N–H and O–H groups in total. The number of ether oxygens (including phenoxy) is 2. The Kier molecular flexibility index (Phi) is 6.28. The summed E-state index contributed by atoms with van der Waals surface area (Å²) in [4.78, 5) is 16.6. The topological polar surface area (TPSA) is 97.8 Å². The van der Waals surface area contributed by atoms with Crippen molar-refractivity contribution >= 4 is 21.7 Å². The monoisotopic (exact) mass is 405 g/mol. The summed E-state index contributed by atoms with van der Waals surface area (Å²) in [6.07, 6.45) is 0.0191. The number of aromatic nitrogens is 1. The van der Waals surface area contributed by atoms with Crippen molar-refractivity contribution in [1.82, 2.24) is 9.29 Å². The third-order valence-corrected chi connectivity index (χ3v) is 6.26. The van der Waals surface area contributed by atoms with E-state index in [-0.39, 0.29) is 36.1 Å². The van der Waals surface area contributed by atoms with Crippen LogP contribution in [0.1, 0.15) is 11.3 Å². The van der Waals surface area contributed by atoms with Crippen LogP contribution in [0.3, 0.4) is 0 Å². The minimum absolute atomic E-state index is 0.0191. The number of amides is 1. The highest BCUT2D eigenvalue weighted by molar-refractivity contribution is 7.89. The number of hydrogen-bond acceptors (Lipinski definition) is 6. The van der Waals surface area contributed by atoms with Gasteiger partial charge in [-0.3, -0.25) is 4.79 Å². The Morgan fingerprint density at radius 3 is 2.68 bits per heavy atom. The first-order chi connectivity index (χ1) is 13.4. The van der Waals surface area contributed by atoms with E-state index < -0.39 is 10.0 Å². The lowest BCUT2D eigenvalue weighted by Gasteiger charge is -2.26. The van der Waals surface area contributed by atoms with Gasteiger partial charge in [0.15, 0.2) is 0 Å². The Morgan fingerprint density at radius 1 is 1.25 bits per heavy atom. The maximum Gasteiger partial charge on any atom is 0.246 e. The smallest absolute Gasteiger partial charge is 0.246 e. The van der Waals surface area contributed by atoms with Gasteiger partial charge in [-0.15, -0.1) is 0 Å². The van der Waals surface area contributed by atoms with Crippen molar-refractivity contribution in [3.8, 4) is 5.75 Å². The van der Waals surface area contributed by atoms with Crippen molar-refractivity contribution in [1.29, 1.82) is 0 Å². The number of pyridine rings is 1. The molecule has 1 aliphatic heterocycles. The van der Waals surface area contributed by atoms with E-state index in [1.807, 2.05) is 13.0 Å². The third kappa shape index (κ3) is 4.67. The van der Waals surface area contributed by atoms with Gasteiger partial charge in [0.25, 0.3) is 0 Å². The van der Waals surface area contributed by atoms with E-state index in [0.717, 1.165) is 5.69 Å². The van der Waals surface area contributed by atoms with Gasteiger partial charge >= 0.3 is 0 Å². The Balaban J connectivity index is 1.81. The molecule has 3 rings (SSSR count). The molecule has 1 saturated heterocycles. The highest BCUT2D eigenvalue weighted by Gasteiger charge is 2.29. The highest BCUT2D eigenvalue weighted by atomic mass is 32.2. The van der Waals surface area contributed by atoms with Gasteiger partial charge in [0, 0.05) is 18.8 Å². The molecule has 0 unspecified atom stereocenters. The van der Waals surface area contributed by atoms with Gasteiger partial charge in [0.1, 0.15) is 16.5 Å². The lowest BCUT2D eigenvalue weighted by atomic mass is 10.1. The second kappa shape index (κ2) is 8.68. The minimum Gasteiger partial charge on any atom is -0.495 e. The van der Waals surface area contributed by atoms with Crippen molar-refractivity contribution < 1.29 is 22.7 Å². The molecule has 2 heterocycles. The second-order valence-corrected chi connectivity index (χ2v) is 8.30. The van der Waals surface area contributed by atoms with Crippen LogP contribution in [0.4, 0.5) is 5.82 Å². The van der Waals surface area contributed by atoms with E-state index in [0.29, 0.717) is 24.6 Å². The molecule has 0 saturated carbocycles. The Morgan fingerprint density at radius 2 is 2.00 bits per heavy atom. The molecule has 0 atom stereocenters. The summed E-state index contributed by atoms with van der Waals surface area (Å²) in [5.41, 5.74) is 1.36. The lowest BCUT2D eigenvalue weighted by molar-refractivity contribution is -0.115. The molecule has 1 aromatic heterocycles. The Labute approximate surface area is 164 Å². The number of aryl methyl sites for hydroxylation is 1.